The van der Waals surface area contributed by atoms with E-state index >= 15 is 0 Å². The first kappa shape index (κ1) is 28.5. The Bertz CT molecular complexity index is 503. The number of hydrogen-bond acceptors (Lipinski definition) is 6. The van der Waals surface area contributed by atoms with Crippen LogP contribution in [0.15, 0.2) is 12.1 Å². The number of benzene rings is 1. The van der Waals surface area contributed by atoms with Gasteiger partial charge in [-0.3, -0.25) is 14.9 Å². The molecule has 0 saturated carbocycles. The van der Waals surface area contributed by atoms with Gasteiger partial charge in [0.1, 0.15) is 6.61 Å². The number of carbonyl (C=O) groups is 1. The molecule has 1 aromatic rings. The highest BCUT2D eigenvalue weighted by Gasteiger charge is 2.20. The van der Waals surface area contributed by atoms with Crippen LogP contribution < -0.4 is 9.47 Å². The van der Waals surface area contributed by atoms with E-state index in [1.807, 2.05) is 48.5 Å². The summed E-state index contributed by atoms with van der Waals surface area (Å²) in [6.45, 7) is 13.7. The van der Waals surface area contributed by atoms with Crippen LogP contribution in [0.3, 0.4) is 0 Å². The van der Waals surface area contributed by atoms with Crippen LogP contribution in [0.25, 0.3) is 0 Å². The van der Waals surface area contributed by atoms with Gasteiger partial charge in [-0.15, -0.1) is 0 Å². The molecule has 0 heterocycles. The molecule has 0 bridgehead atoms. The van der Waals surface area contributed by atoms with Crippen LogP contribution in [-0.4, -0.2) is 25.1 Å². The fraction of sp³-hybridized carbons (Fsp3) is 0.632. The molecule has 7 nitrogen and oxygen atoms in total. The summed E-state index contributed by atoms with van der Waals surface area (Å²) in [7, 11) is 2.82. The summed E-state index contributed by atoms with van der Waals surface area (Å²) in [5.74, 6) is 0.207. The van der Waals surface area contributed by atoms with E-state index < -0.39 is 10.9 Å². The van der Waals surface area contributed by atoms with E-state index in [1.54, 1.807) is 0 Å². The number of esters is 1. The van der Waals surface area contributed by atoms with Crippen molar-refractivity contribution in [2.75, 3.05) is 14.2 Å². The molecule has 0 spiro atoms. The Morgan fingerprint density at radius 3 is 1.85 bits per heavy atom. The van der Waals surface area contributed by atoms with Crippen molar-refractivity contribution in [2.24, 2.45) is 0 Å². The van der Waals surface area contributed by atoms with Crippen molar-refractivity contribution in [3.63, 3.8) is 0 Å². The number of nitrogens with zero attached hydrogens (tertiary/aromatic N) is 1. The van der Waals surface area contributed by atoms with Gasteiger partial charge in [0.25, 0.3) is 5.69 Å². The molecule has 0 aliphatic heterocycles. The molecule has 0 radical (unpaired) electrons. The van der Waals surface area contributed by atoms with E-state index in [-0.39, 0.29) is 30.0 Å². The molecule has 0 N–H and O–H groups in total. The third-order valence-electron chi connectivity index (χ3n) is 2.62. The second-order valence-electron chi connectivity index (χ2n) is 4.00. The zero-order valence-electron chi connectivity index (χ0n) is 17.7. The van der Waals surface area contributed by atoms with Crippen molar-refractivity contribution in [3.05, 3.63) is 27.8 Å². The second-order valence-corrected chi connectivity index (χ2v) is 4.00. The van der Waals surface area contributed by atoms with E-state index in [4.69, 9.17) is 14.2 Å². The molecule has 0 unspecified atom stereocenters. The molecular weight excluding hydrogens is 338 g/mol. The summed E-state index contributed by atoms with van der Waals surface area (Å²) in [5, 5.41) is 11.0. The zero-order chi connectivity index (χ0) is 21.1. The molecule has 0 amide bonds. The Labute approximate surface area is 157 Å². The number of hydrogen-bond donors (Lipinski definition) is 0. The summed E-state index contributed by atoms with van der Waals surface area (Å²) < 4.78 is 15.1. The van der Waals surface area contributed by atoms with Crippen LogP contribution in [0.4, 0.5) is 5.69 Å². The fourth-order valence-electron chi connectivity index (χ4n) is 1.63. The van der Waals surface area contributed by atoms with Crippen LogP contribution in [-0.2, 0) is 16.1 Å². The molecule has 152 valence electrons. The summed E-state index contributed by atoms with van der Waals surface area (Å²) in [6, 6.07) is 2.69. The van der Waals surface area contributed by atoms with Gasteiger partial charge >= 0.3 is 5.97 Å². The first-order chi connectivity index (χ1) is 12.5. The Balaban J connectivity index is -0.000000795. The lowest BCUT2D eigenvalue weighted by Gasteiger charge is -2.10. The molecule has 0 aliphatic rings. The van der Waals surface area contributed by atoms with E-state index in [1.165, 1.54) is 26.4 Å². The third kappa shape index (κ3) is 10.5. The highest BCUT2D eigenvalue weighted by molar-refractivity contribution is 5.69. The van der Waals surface area contributed by atoms with Gasteiger partial charge in [-0.25, -0.2) is 0 Å². The monoisotopic (exact) mass is 373 g/mol. The van der Waals surface area contributed by atoms with Crippen molar-refractivity contribution in [3.8, 4) is 11.5 Å². The van der Waals surface area contributed by atoms with E-state index in [0.29, 0.717) is 12.2 Å². The standard InChI is InChI=1S/C13H17NO6.3C2H6/c1-4-5-13(15)20-8-9-6-11(18-2)12(19-3)7-10(9)14(16)17;3*1-2/h6-7H,4-5,8H2,1-3H3;3*1-2H3. The van der Waals surface area contributed by atoms with Gasteiger partial charge in [-0.2, -0.15) is 0 Å². The highest BCUT2D eigenvalue weighted by Crippen LogP contribution is 2.34. The maximum absolute atomic E-state index is 11.3. The Morgan fingerprint density at radius 1 is 1.00 bits per heavy atom. The molecule has 1 rings (SSSR count). The smallest absolute Gasteiger partial charge is 0.306 e. The summed E-state index contributed by atoms with van der Waals surface area (Å²) in [4.78, 5) is 21.8. The Morgan fingerprint density at radius 2 is 1.46 bits per heavy atom. The third-order valence-corrected chi connectivity index (χ3v) is 2.62. The van der Waals surface area contributed by atoms with Gasteiger partial charge < -0.3 is 14.2 Å². The predicted octanol–water partition coefficient (Wildman–Crippen LogP) is 5.53. The van der Waals surface area contributed by atoms with Crippen molar-refractivity contribution in [2.45, 2.75) is 67.9 Å². The molecular formula is C19H35NO6. The number of ether oxygens (including phenoxy) is 3. The quantitative estimate of drug-likeness (QED) is 0.354. The van der Waals surface area contributed by atoms with Gasteiger partial charge in [-0.1, -0.05) is 48.5 Å². The fourth-order valence-corrected chi connectivity index (χ4v) is 1.63. The van der Waals surface area contributed by atoms with Gasteiger partial charge in [0, 0.05) is 6.42 Å². The van der Waals surface area contributed by atoms with Crippen molar-refractivity contribution in [1.82, 2.24) is 0 Å². The van der Waals surface area contributed by atoms with Gasteiger partial charge in [0.05, 0.1) is 30.8 Å². The van der Waals surface area contributed by atoms with Crippen LogP contribution >= 0.6 is 0 Å². The lowest BCUT2D eigenvalue weighted by atomic mass is 10.1. The SMILES string of the molecule is CC.CC.CC.CCCC(=O)OCc1cc(OC)c(OC)cc1[N+](=O)[O-]. The summed E-state index contributed by atoms with van der Waals surface area (Å²) in [6.07, 6.45) is 0.938. The topological polar surface area (TPSA) is 87.9 Å². The maximum atomic E-state index is 11.3. The van der Waals surface area contributed by atoms with Crippen molar-refractivity contribution >= 4 is 11.7 Å². The number of methoxy groups -OCH3 is 2. The molecule has 0 atom stereocenters. The Hall–Kier alpha value is -2.31. The van der Waals surface area contributed by atoms with Crippen LogP contribution in [0, 0.1) is 10.1 Å². The normalized spacial score (nSPS) is 8.35. The summed E-state index contributed by atoms with van der Waals surface area (Å²) >= 11 is 0. The lowest BCUT2D eigenvalue weighted by Crippen LogP contribution is -2.06. The van der Waals surface area contributed by atoms with Crippen LogP contribution in [0.1, 0.15) is 66.9 Å². The second kappa shape index (κ2) is 19.0. The zero-order valence-corrected chi connectivity index (χ0v) is 17.7. The number of nitro benzene ring substituents is 1. The largest absolute Gasteiger partial charge is 0.493 e. The maximum Gasteiger partial charge on any atom is 0.306 e. The predicted molar refractivity (Wildman–Crippen MR) is 105 cm³/mol. The van der Waals surface area contributed by atoms with E-state index in [0.717, 1.165) is 0 Å². The molecule has 0 aromatic heterocycles. The molecule has 0 aliphatic carbocycles. The number of nitro groups is 1. The van der Waals surface area contributed by atoms with E-state index in [2.05, 4.69) is 0 Å². The first-order valence-corrected chi connectivity index (χ1v) is 9.08. The average Bonchev–Trinajstić information content (AvgIpc) is 2.70. The summed E-state index contributed by atoms with van der Waals surface area (Å²) in [5.41, 5.74) is 0.0871. The average molecular weight is 373 g/mol. The molecule has 1 aromatic carbocycles. The minimum absolute atomic E-state index is 0.171. The van der Waals surface area contributed by atoms with E-state index in [9.17, 15) is 14.9 Å². The number of rotatable bonds is 7. The van der Waals surface area contributed by atoms with Crippen molar-refractivity contribution in [1.29, 1.82) is 0 Å². The highest BCUT2D eigenvalue weighted by atomic mass is 16.6. The van der Waals surface area contributed by atoms with Crippen LogP contribution in [0.2, 0.25) is 0 Å². The first-order valence-electron chi connectivity index (χ1n) is 9.08. The van der Waals surface area contributed by atoms with Crippen molar-refractivity contribution < 1.29 is 23.9 Å². The van der Waals surface area contributed by atoms with Gasteiger partial charge in [0.15, 0.2) is 11.5 Å². The lowest BCUT2D eigenvalue weighted by molar-refractivity contribution is -0.385. The molecule has 26 heavy (non-hydrogen) atoms. The minimum atomic E-state index is -0.551. The Kier molecular flexibility index (Phi) is 20.8. The van der Waals surface area contributed by atoms with Crippen LogP contribution in [0.5, 0.6) is 11.5 Å². The molecule has 0 fully saturated rings. The number of carbonyl (C=O) groups excluding carboxylic acids is 1. The molecule has 7 heteroatoms. The van der Waals surface area contributed by atoms with Gasteiger partial charge in [-0.05, 0) is 12.5 Å². The van der Waals surface area contributed by atoms with Gasteiger partial charge in [0.2, 0.25) is 0 Å². The molecule has 0 saturated heterocycles. The minimum Gasteiger partial charge on any atom is -0.493 e.